The first-order valence-electron chi connectivity index (χ1n) is 6.31. The number of nitrogens with one attached hydrogen (secondary N) is 1. The van der Waals surface area contributed by atoms with Crippen molar-refractivity contribution in [2.24, 2.45) is 0 Å². The Bertz CT molecular complexity index is 455. The summed E-state index contributed by atoms with van der Waals surface area (Å²) in [7, 11) is 0. The van der Waals surface area contributed by atoms with Crippen molar-refractivity contribution in [2.75, 3.05) is 5.32 Å². The molecule has 0 aromatic carbocycles. The molecule has 0 radical (unpaired) electrons. The summed E-state index contributed by atoms with van der Waals surface area (Å²) >= 11 is 0. The number of hydrogen-bond acceptors (Lipinski definition) is 3. The van der Waals surface area contributed by atoms with Gasteiger partial charge in [0, 0.05) is 18.2 Å². The van der Waals surface area contributed by atoms with Crippen LogP contribution in [0.4, 0.5) is 5.69 Å². The molecule has 0 fully saturated rings. The minimum atomic E-state index is -0.0964. The van der Waals surface area contributed by atoms with E-state index in [-0.39, 0.29) is 12.5 Å². The Hall–Kier alpha value is -1.68. The largest absolute Gasteiger partial charge is 0.392 e. The molecule has 1 aromatic heterocycles. The van der Waals surface area contributed by atoms with E-state index in [1.54, 1.807) is 18.5 Å². The van der Waals surface area contributed by atoms with E-state index in [2.05, 4.69) is 16.4 Å². The predicted molar refractivity (Wildman–Crippen MR) is 70.0 cm³/mol. The highest BCUT2D eigenvalue weighted by molar-refractivity contribution is 5.92. The Morgan fingerprint density at radius 1 is 1.44 bits per heavy atom. The fourth-order valence-corrected chi connectivity index (χ4v) is 2.14. The Labute approximate surface area is 107 Å². The molecule has 4 heteroatoms. The molecule has 0 saturated heterocycles. The molecule has 1 amide bonds. The van der Waals surface area contributed by atoms with E-state index in [0.717, 1.165) is 12.8 Å². The Balaban J connectivity index is 1.96. The number of aliphatic hydroxyl groups is 1. The van der Waals surface area contributed by atoms with Crippen LogP contribution < -0.4 is 5.32 Å². The Morgan fingerprint density at radius 2 is 2.33 bits per heavy atom. The minimum Gasteiger partial charge on any atom is -0.392 e. The molecule has 2 rings (SSSR count). The van der Waals surface area contributed by atoms with Crippen molar-refractivity contribution in [2.45, 2.75) is 38.7 Å². The summed E-state index contributed by atoms with van der Waals surface area (Å²) in [4.78, 5) is 15.8. The van der Waals surface area contributed by atoms with Crippen LogP contribution in [0.5, 0.6) is 0 Å². The number of anilines is 1. The lowest BCUT2D eigenvalue weighted by atomic mass is 9.97. The van der Waals surface area contributed by atoms with Crippen LogP contribution in [0.3, 0.4) is 0 Å². The summed E-state index contributed by atoms with van der Waals surface area (Å²) in [6.07, 6.45) is 10.3. The number of aromatic nitrogens is 1. The molecule has 0 spiro atoms. The highest BCUT2D eigenvalue weighted by atomic mass is 16.3. The summed E-state index contributed by atoms with van der Waals surface area (Å²) in [5.41, 5.74) is 2.51. The number of aliphatic hydroxyl groups excluding tert-OH is 1. The van der Waals surface area contributed by atoms with Crippen LogP contribution >= 0.6 is 0 Å². The maximum Gasteiger partial charge on any atom is 0.228 e. The third-order valence-corrected chi connectivity index (χ3v) is 3.13. The molecular formula is C14H18N2O2. The van der Waals surface area contributed by atoms with Crippen LogP contribution in [-0.2, 0) is 11.4 Å². The van der Waals surface area contributed by atoms with E-state index in [9.17, 15) is 4.79 Å². The zero-order valence-corrected chi connectivity index (χ0v) is 10.4. The molecular weight excluding hydrogens is 228 g/mol. The second-order valence-corrected chi connectivity index (χ2v) is 4.52. The van der Waals surface area contributed by atoms with E-state index in [1.165, 1.54) is 18.4 Å². The first kappa shape index (κ1) is 12.8. The molecule has 1 aromatic rings. The van der Waals surface area contributed by atoms with Crippen molar-refractivity contribution < 1.29 is 9.90 Å². The molecule has 1 aliphatic carbocycles. The number of carbonyl (C=O) groups excluding carboxylic acids is 1. The monoisotopic (exact) mass is 246 g/mol. The average Bonchev–Trinajstić information content (AvgIpc) is 2.40. The zero-order chi connectivity index (χ0) is 12.8. The van der Waals surface area contributed by atoms with Gasteiger partial charge in [0.05, 0.1) is 18.5 Å². The van der Waals surface area contributed by atoms with Gasteiger partial charge in [-0.2, -0.15) is 0 Å². The fraction of sp³-hybridized carbons (Fsp3) is 0.429. The van der Waals surface area contributed by atoms with Gasteiger partial charge in [0.25, 0.3) is 0 Å². The quantitative estimate of drug-likeness (QED) is 0.802. The third-order valence-electron chi connectivity index (χ3n) is 3.13. The maximum absolute atomic E-state index is 11.9. The van der Waals surface area contributed by atoms with E-state index in [1.807, 2.05) is 0 Å². The normalized spacial score (nSPS) is 15.1. The van der Waals surface area contributed by atoms with Crippen LogP contribution in [-0.4, -0.2) is 16.0 Å². The molecule has 0 unspecified atom stereocenters. The maximum atomic E-state index is 11.9. The lowest BCUT2D eigenvalue weighted by molar-refractivity contribution is -0.115. The first-order chi connectivity index (χ1) is 8.79. The van der Waals surface area contributed by atoms with Gasteiger partial charge in [0.2, 0.25) is 5.91 Å². The van der Waals surface area contributed by atoms with E-state index < -0.39 is 0 Å². The van der Waals surface area contributed by atoms with Crippen molar-refractivity contribution in [3.63, 3.8) is 0 Å². The molecule has 0 aliphatic heterocycles. The standard InChI is InChI=1S/C14H18N2O2/c17-10-12-6-7-15-9-13(12)16-14(18)8-11-4-2-1-3-5-11/h4,6-7,9,17H,1-3,5,8,10H2,(H,16,18). The molecule has 4 nitrogen and oxygen atoms in total. The highest BCUT2D eigenvalue weighted by Gasteiger charge is 2.10. The van der Waals surface area contributed by atoms with Crippen LogP contribution in [0.2, 0.25) is 0 Å². The average molecular weight is 246 g/mol. The van der Waals surface area contributed by atoms with Gasteiger partial charge < -0.3 is 10.4 Å². The number of allylic oxidation sites excluding steroid dienone is 1. The summed E-state index contributed by atoms with van der Waals surface area (Å²) in [5, 5.41) is 12.0. The lowest BCUT2D eigenvalue weighted by Crippen LogP contribution is -2.14. The van der Waals surface area contributed by atoms with Gasteiger partial charge in [-0.25, -0.2) is 0 Å². The van der Waals surface area contributed by atoms with Crippen molar-refractivity contribution in [3.8, 4) is 0 Å². The molecule has 0 atom stereocenters. The van der Waals surface area contributed by atoms with Gasteiger partial charge in [-0.3, -0.25) is 9.78 Å². The molecule has 0 saturated carbocycles. The summed E-state index contributed by atoms with van der Waals surface area (Å²) in [5.74, 6) is -0.0362. The van der Waals surface area contributed by atoms with Gasteiger partial charge in [-0.15, -0.1) is 0 Å². The molecule has 1 aliphatic rings. The third kappa shape index (κ3) is 3.40. The predicted octanol–water partition coefficient (Wildman–Crippen LogP) is 2.40. The zero-order valence-electron chi connectivity index (χ0n) is 10.4. The number of rotatable bonds is 4. The first-order valence-corrected chi connectivity index (χ1v) is 6.31. The number of pyridine rings is 1. The lowest BCUT2D eigenvalue weighted by Gasteiger charge is -2.13. The smallest absolute Gasteiger partial charge is 0.228 e. The van der Waals surface area contributed by atoms with Gasteiger partial charge in [-0.1, -0.05) is 11.6 Å². The second-order valence-electron chi connectivity index (χ2n) is 4.52. The fourth-order valence-electron chi connectivity index (χ4n) is 2.14. The topological polar surface area (TPSA) is 62.2 Å². The second kappa shape index (κ2) is 6.31. The van der Waals surface area contributed by atoms with Crippen molar-refractivity contribution in [3.05, 3.63) is 35.7 Å². The molecule has 1 heterocycles. The molecule has 0 bridgehead atoms. The van der Waals surface area contributed by atoms with Gasteiger partial charge >= 0.3 is 0 Å². The van der Waals surface area contributed by atoms with Crippen LogP contribution in [0.25, 0.3) is 0 Å². The van der Waals surface area contributed by atoms with Crippen LogP contribution in [0.15, 0.2) is 30.1 Å². The minimum absolute atomic E-state index is 0.0362. The summed E-state index contributed by atoms with van der Waals surface area (Å²) < 4.78 is 0. The van der Waals surface area contributed by atoms with Gasteiger partial charge in [0.1, 0.15) is 0 Å². The van der Waals surface area contributed by atoms with Crippen molar-refractivity contribution in [1.29, 1.82) is 0 Å². The number of amides is 1. The number of hydrogen-bond donors (Lipinski definition) is 2. The SMILES string of the molecule is O=C(CC1=CCCCC1)Nc1cnccc1CO. The number of carbonyl (C=O) groups is 1. The molecule has 96 valence electrons. The van der Waals surface area contributed by atoms with Crippen molar-refractivity contribution in [1.82, 2.24) is 4.98 Å². The van der Waals surface area contributed by atoms with Gasteiger partial charge in [0.15, 0.2) is 0 Å². The van der Waals surface area contributed by atoms with E-state index in [4.69, 9.17) is 5.11 Å². The number of nitrogens with zero attached hydrogens (tertiary/aromatic N) is 1. The van der Waals surface area contributed by atoms with Gasteiger partial charge in [-0.05, 0) is 31.7 Å². The van der Waals surface area contributed by atoms with Crippen LogP contribution in [0.1, 0.15) is 37.7 Å². The summed E-state index contributed by atoms with van der Waals surface area (Å²) in [6.45, 7) is -0.0964. The van der Waals surface area contributed by atoms with Crippen molar-refractivity contribution >= 4 is 11.6 Å². The molecule has 18 heavy (non-hydrogen) atoms. The Morgan fingerprint density at radius 3 is 3.06 bits per heavy atom. The molecule has 2 N–H and O–H groups in total. The highest BCUT2D eigenvalue weighted by Crippen LogP contribution is 2.21. The van der Waals surface area contributed by atoms with E-state index in [0.29, 0.717) is 17.7 Å². The summed E-state index contributed by atoms with van der Waals surface area (Å²) in [6, 6.07) is 1.70. The van der Waals surface area contributed by atoms with E-state index >= 15 is 0 Å². The van der Waals surface area contributed by atoms with Crippen LogP contribution in [0, 0.1) is 0 Å². The Kier molecular flexibility index (Phi) is 4.47.